The first-order valence-electron chi connectivity index (χ1n) is 8.26. The number of hydrogen-bond donors (Lipinski definition) is 2. The number of nitrogens with one attached hydrogen (secondary N) is 1. The number of hydrogen-bond acceptors (Lipinski definition) is 5. The van der Waals surface area contributed by atoms with E-state index in [1.54, 1.807) is 7.11 Å². The first-order chi connectivity index (χ1) is 12.3. The van der Waals surface area contributed by atoms with E-state index in [0.717, 1.165) is 27.8 Å². The van der Waals surface area contributed by atoms with Gasteiger partial charge in [-0.1, -0.05) is 36.4 Å². The monoisotopic (exact) mass is 338 g/mol. The molecule has 2 aromatic carbocycles. The van der Waals surface area contributed by atoms with Gasteiger partial charge in [0.1, 0.15) is 12.4 Å². The first kappa shape index (κ1) is 17.2. The summed E-state index contributed by atoms with van der Waals surface area (Å²) in [7, 11) is 1.64. The van der Waals surface area contributed by atoms with Gasteiger partial charge in [-0.05, 0) is 18.2 Å². The highest BCUT2D eigenvalue weighted by molar-refractivity contribution is 5.80. The van der Waals surface area contributed by atoms with Gasteiger partial charge in [0.15, 0.2) is 0 Å². The smallest absolute Gasteiger partial charge is 0.218 e. The van der Waals surface area contributed by atoms with E-state index in [1.165, 1.54) is 0 Å². The maximum absolute atomic E-state index is 8.93. The number of ether oxygens (including phenoxy) is 2. The van der Waals surface area contributed by atoms with Gasteiger partial charge in [0.2, 0.25) is 5.88 Å². The Kier molecular flexibility index (Phi) is 5.82. The quantitative estimate of drug-likeness (QED) is 0.661. The summed E-state index contributed by atoms with van der Waals surface area (Å²) >= 11 is 0. The van der Waals surface area contributed by atoms with Crippen LogP contribution in [0.15, 0.2) is 54.6 Å². The summed E-state index contributed by atoms with van der Waals surface area (Å²) in [6.07, 6.45) is 0. The van der Waals surface area contributed by atoms with Crippen molar-refractivity contribution in [2.24, 2.45) is 0 Å². The second-order valence-corrected chi connectivity index (χ2v) is 5.63. The highest BCUT2D eigenvalue weighted by atomic mass is 16.5. The summed E-state index contributed by atoms with van der Waals surface area (Å²) in [4.78, 5) is 4.56. The summed E-state index contributed by atoms with van der Waals surface area (Å²) in [6.45, 7) is 1.58. The van der Waals surface area contributed by atoms with E-state index in [1.807, 2.05) is 48.5 Å². The largest absolute Gasteiger partial charge is 0.491 e. The molecule has 1 heterocycles. The Hall–Kier alpha value is -2.63. The lowest BCUT2D eigenvalue weighted by Gasteiger charge is -2.13. The summed E-state index contributed by atoms with van der Waals surface area (Å²) in [5.41, 5.74) is 2.98. The number of nitrogens with zero attached hydrogens (tertiary/aromatic N) is 1. The SMILES string of the molecule is COc1nc2ccccc2cc1CNCc1ccccc1OCCO. The highest BCUT2D eigenvalue weighted by Crippen LogP contribution is 2.22. The second-order valence-electron chi connectivity index (χ2n) is 5.63. The molecule has 25 heavy (non-hydrogen) atoms. The number of para-hydroxylation sites is 2. The molecule has 5 nitrogen and oxygen atoms in total. The molecule has 0 unspecified atom stereocenters. The summed E-state index contributed by atoms with van der Waals surface area (Å²) in [6, 6.07) is 17.9. The molecule has 1 aromatic heterocycles. The molecule has 2 N–H and O–H groups in total. The molecule has 5 heteroatoms. The minimum absolute atomic E-state index is 0.00171. The molecule has 3 aromatic rings. The van der Waals surface area contributed by atoms with Gasteiger partial charge in [0.05, 0.1) is 19.2 Å². The molecule has 0 aliphatic heterocycles. The van der Waals surface area contributed by atoms with Crippen LogP contribution >= 0.6 is 0 Å². The van der Waals surface area contributed by atoms with Crippen LogP contribution in [0, 0.1) is 0 Å². The molecular formula is C20H22N2O3. The minimum atomic E-state index is 0.00171. The Morgan fingerprint density at radius 3 is 2.60 bits per heavy atom. The van der Waals surface area contributed by atoms with Gasteiger partial charge in [0, 0.05) is 29.6 Å². The van der Waals surface area contributed by atoms with Crippen LogP contribution in [-0.2, 0) is 13.1 Å². The van der Waals surface area contributed by atoms with Crippen molar-refractivity contribution in [3.8, 4) is 11.6 Å². The molecule has 3 rings (SSSR count). The molecule has 0 radical (unpaired) electrons. The van der Waals surface area contributed by atoms with Crippen LogP contribution < -0.4 is 14.8 Å². The van der Waals surface area contributed by atoms with Crippen molar-refractivity contribution >= 4 is 10.9 Å². The van der Waals surface area contributed by atoms with E-state index in [4.69, 9.17) is 14.6 Å². The van der Waals surface area contributed by atoms with E-state index < -0.39 is 0 Å². The fourth-order valence-corrected chi connectivity index (χ4v) is 2.72. The van der Waals surface area contributed by atoms with Crippen LogP contribution in [0.4, 0.5) is 0 Å². The predicted octanol–water partition coefficient (Wildman–Crippen LogP) is 2.90. The van der Waals surface area contributed by atoms with Gasteiger partial charge in [0.25, 0.3) is 0 Å². The van der Waals surface area contributed by atoms with E-state index in [0.29, 0.717) is 25.6 Å². The molecule has 0 atom stereocenters. The number of pyridine rings is 1. The van der Waals surface area contributed by atoms with Crippen molar-refractivity contribution in [3.63, 3.8) is 0 Å². The topological polar surface area (TPSA) is 63.6 Å². The number of aromatic nitrogens is 1. The summed E-state index contributed by atoms with van der Waals surface area (Å²) in [5.74, 6) is 1.42. The third kappa shape index (κ3) is 4.26. The molecule has 0 saturated carbocycles. The zero-order chi connectivity index (χ0) is 17.5. The molecule has 0 fully saturated rings. The fourth-order valence-electron chi connectivity index (χ4n) is 2.72. The van der Waals surface area contributed by atoms with Crippen molar-refractivity contribution in [2.75, 3.05) is 20.3 Å². The summed E-state index contributed by atoms with van der Waals surface area (Å²) in [5, 5.41) is 13.4. The standard InChI is InChI=1S/C20H22N2O3/c1-24-20-17(12-15-6-2-4-8-18(15)22-20)14-21-13-16-7-3-5-9-19(16)25-11-10-23/h2-9,12,21,23H,10-11,13-14H2,1H3. The third-order valence-electron chi connectivity index (χ3n) is 3.91. The van der Waals surface area contributed by atoms with Crippen molar-refractivity contribution in [1.82, 2.24) is 10.3 Å². The zero-order valence-electron chi connectivity index (χ0n) is 14.2. The van der Waals surface area contributed by atoms with Crippen LogP contribution in [0.1, 0.15) is 11.1 Å². The molecule has 0 aliphatic rings. The number of aliphatic hydroxyl groups excluding tert-OH is 1. The van der Waals surface area contributed by atoms with Gasteiger partial charge in [-0.3, -0.25) is 0 Å². The van der Waals surface area contributed by atoms with Crippen molar-refractivity contribution in [3.05, 3.63) is 65.7 Å². The van der Waals surface area contributed by atoms with Crippen LogP contribution in [0.3, 0.4) is 0 Å². The van der Waals surface area contributed by atoms with Gasteiger partial charge >= 0.3 is 0 Å². The van der Waals surface area contributed by atoms with Gasteiger partial charge in [-0.15, -0.1) is 0 Å². The average Bonchev–Trinajstić information content (AvgIpc) is 2.66. The Balaban J connectivity index is 1.71. The number of benzene rings is 2. The maximum atomic E-state index is 8.93. The van der Waals surface area contributed by atoms with Gasteiger partial charge in [-0.2, -0.15) is 0 Å². The third-order valence-corrected chi connectivity index (χ3v) is 3.91. The molecule has 0 spiro atoms. The molecule has 130 valence electrons. The van der Waals surface area contributed by atoms with Gasteiger partial charge < -0.3 is 19.9 Å². The lowest BCUT2D eigenvalue weighted by molar-refractivity contribution is 0.200. The Morgan fingerprint density at radius 1 is 1.00 bits per heavy atom. The first-order valence-corrected chi connectivity index (χ1v) is 8.26. The second kappa shape index (κ2) is 8.46. The number of methoxy groups -OCH3 is 1. The zero-order valence-corrected chi connectivity index (χ0v) is 14.2. The van der Waals surface area contributed by atoms with Crippen molar-refractivity contribution in [1.29, 1.82) is 0 Å². The Bertz CT molecular complexity index is 836. The van der Waals surface area contributed by atoms with Crippen LogP contribution in [-0.4, -0.2) is 30.4 Å². The van der Waals surface area contributed by atoms with Crippen LogP contribution in [0.2, 0.25) is 0 Å². The predicted molar refractivity (Wildman–Crippen MR) is 97.9 cm³/mol. The number of aliphatic hydroxyl groups is 1. The lowest BCUT2D eigenvalue weighted by atomic mass is 10.1. The van der Waals surface area contributed by atoms with E-state index in [2.05, 4.69) is 16.4 Å². The molecule has 0 bridgehead atoms. The fraction of sp³-hybridized carbons (Fsp3) is 0.250. The molecular weight excluding hydrogens is 316 g/mol. The molecule has 0 aliphatic carbocycles. The van der Waals surface area contributed by atoms with Crippen molar-refractivity contribution in [2.45, 2.75) is 13.1 Å². The van der Waals surface area contributed by atoms with E-state index in [-0.39, 0.29) is 6.61 Å². The Labute approximate surface area is 147 Å². The molecule has 0 amide bonds. The summed E-state index contributed by atoms with van der Waals surface area (Å²) < 4.78 is 11.0. The normalized spacial score (nSPS) is 10.8. The van der Waals surface area contributed by atoms with Crippen LogP contribution in [0.25, 0.3) is 10.9 Å². The average molecular weight is 338 g/mol. The van der Waals surface area contributed by atoms with Crippen molar-refractivity contribution < 1.29 is 14.6 Å². The van der Waals surface area contributed by atoms with Crippen LogP contribution in [0.5, 0.6) is 11.6 Å². The lowest BCUT2D eigenvalue weighted by Crippen LogP contribution is -2.15. The van der Waals surface area contributed by atoms with E-state index >= 15 is 0 Å². The number of fused-ring (bicyclic) bond motifs is 1. The minimum Gasteiger partial charge on any atom is -0.491 e. The highest BCUT2D eigenvalue weighted by Gasteiger charge is 2.08. The molecule has 0 saturated heterocycles. The maximum Gasteiger partial charge on any atom is 0.218 e. The van der Waals surface area contributed by atoms with E-state index in [9.17, 15) is 0 Å². The van der Waals surface area contributed by atoms with Gasteiger partial charge in [-0.25, -0.2) is 4.98 Å². The Morgan fingerprint density at radius 2 is 1.76 bits per heavy atom. The number of rotatable bonds is 8.